The Morgan fingerprint density at radius 1 is 1.16 bits per heavy atom. The summed E-state index contributed by atoms with van der Waals surface area (Å²) in [5.41, 5.74) is -0.378. The second-order valence-corrected chi connectivity index (χ2v) is 7.44. The second-order valence-electron chi connectivity index (χ2n) is 7.01. The number of benzene rings is 2. The molecule has 2 aromatic rings. The summed E-state index contributed by atoms with van der Waals surface area (Å²) in [4.78, 5) is 31.5. The number of fused-ring (bicyclic) bond motifs is 1. The van der Waals surface area contributed by atoms with Crippen LogP contribution in [0.25, 0.3) is 0 Å². The third kappa shape index (κ3) is 4.70. The maximum atomic E-state index is 13.3. The van der Waals surface area contributed by atoms with Gasteiger partial charge in [-0.15, -0.1) is 4.99 Å². The van der Waals surface area contributed by atoms with Gasteiger partial charge >= 0.3 is 18.2 Å². The van der Waals surface area contributed by atoms with Gasteiger partial charge in [0.05, 0.1) is 11.8 Å². The molecule has 0 bridgehead atoms. The number of nitrogens with zero attached hydrogens (tertiary/aromatic N) is 3. The number of rotatable bonds is 4. The van der Waals surface area contributed by atoms with E-state index in [1.54, 1.807) is 24.3 Å². The summed E-state index contributed by atoms with van der Waals surface area (Å²) in [5, 5.41) is 3.07. The highest BCUT2D eigenvalue weighted by Gasteiger charge is 2.35. The van der Waals surface area contributed by atoms with E-state index in [0.717, 1.165) is 6.07 Å². The first-order valence-corrected chi connectivity index (χ1v) is 9.84. The zero-order chi connectivity index (χ0) is 22.9. The number of anilines is 1. The van der Waals surface area contributed by atoms with E-state index in [4.69, 9.17) is 16.3 Å². The van der Waals surface area contributed by atoms with Crippen molar-refractivity contribution in [2.75, 3.05) is 18.4 Å². The predicted octanol–water partition coefficient (Wildman–Crippen LogP) is 4.46. The van der Waals surface area contributed by atoms with Crippen LogP contribution in [0.2, 0.25) is 5.02 Å². The molecule has 166 valence electrons. The van der Waals surface area contributed by atoms with Crippen molar-refractivity contribution in [3.05, 3.63) is 76.6 Å². The number of aliphatic imine (C=N–C) groups is 1. The van der Waals surface area contributed by atoms with E-state index in [2.05, 4.69) is 10.3 Å². The van der Waals surface area contributed by atoms with Gasteiger partial charge in [0.25, 0.3) is 5.91 Å². The van der Waals surface area contributed by atoms with E-state index in [1.807, 2.05) is 0 Å². The van der Waals surface area contributed by atoms with Gasteiger partial charge in [0.15, 0.2) is 0 Å². The number of hydrogen-bond donors (Lipinski definition) is 1. The van der Waals surface area contributed by atoms with Gasteiger partial charge in [-0.3, -0.25) is 9.69 Å². The fraction of sp³-hybridized carbons (Fsp3) is 0.190. The summed E-state index contributed by atoms with van der Waals surface area (Å²) in [7, 11) is 0. The van der Waals surface area contributed by atoms with Crippen molar-refractivity contribution in [3.63, 3.8) is 0 Å². The van der Waals surface area contributed by atoms with Crippen LogP contribution in [0.4, 0.5) is 23.7 Å². The second kappa shape index (κ2) is 8.54. The quantitative estimate of drug-likeness (QED) is 0.725. The van der Waals surface area contributed by atoms with Gasteiger partial charge in [-0.05, 0) is 29.8 Å². The minimum absolute atomic E-state index is 0.0336. The molecule has 1 N–H and O–H groups in total. The third-order valence-corrected chi connectivity index (χ3v) is 5.02. The summed E-state index contributed by atoms with van der Waals surface area (Å²) >= 11 is 5.90. The molecular weight excluding hydrogens is 449 g/mol. The first-order valence-electron chi connectivity index (χ1n) is 9.46. The molecule has 3 amide bonds. The van der Waals surface area contributed by atoms with Gasteiger partial charge in [-0.25, -0.2) is 4.79 Å². The molecule has 32 heavy (non-hydrogen) atoms. The lowest BCUT2D eigenvalue weighted by molar-refractivity contribution is -0.138. The van der Waals surface area contributed by atoms with Gasteiger partial charge in [0.2, 0.25) is 5.76 Å². The van der Waals surface area contributed by atoms with Crippen molar-refractivity contribution < 1.29 is 27.5 Å². The molecule has 0 spiro atoms. The number of ether oxygens (including phenoxy) is 1. The van der Waals surface area contributed by atoms with Crippen molar-refractivity contribution in [2.24, 2.45) is 4.99 Å². The normalized spacial score (nSPS) is 16.1. The van der Waals surface area contributed by atoms with Gasteiger partial charge in [-0.2, -0.15) is 13.2 Å². The lowest BCUT2D eigenvalue weighted by Gasteiger charge is -2.21. The fourth-order valence-electron chi connectivity index (χ4n) is 3.25. The Morgan fingerprint density at radius 3 is 2.69 bits per heavy atom. The fourth-order valence-corrected chi connectivity index (χ4v) is 3.45. The highest BCUT2D eigenvalue weighted by molar-refractivity contribution is 6.31. The molecule has 0 unspecified atom stereocenters. The lowest BCUT2D eigenvalue weighted by Crippen LogP contribution is -2.32. The van der Waals surface area contributed by atoms with Crippen LogP contribution in [0, 0.1) is 0 Å². The Kier molecular flexibility index (Phi) is 5.79. The average Bonchev–Trinajstić information content (AvgIpc) is 3.07. The summed E-state index contributed by atoms with van der Waals surface area (Å²) in [6, 6.07) is 10.7. The van der Waals surface area contributed by atoms with Crippen LogP contribution >= 0.6 is 11.6 Å². The minimum Gasteiger partial charge on any atom is -0.418 e. The van der Waals surface area contributed by atoms with Crippen LogP contribution in [0.3, 0.4) is 0 Å². The van der Waals surface area contributed by atoms with Gasteiger partial charge in [-0.1, -0.05) is 35.9 Å². The number of hydrogen-bond acceptors (Lipinski definition) is 4. The topological polar surface area (TPSA) is 74.2 Å². The molecule has 2 aliphatic heterocycles. The third-order valence-electron chi connectivity index (χ3n) is 4.78. The van der Waals surface area contributed by atoms with E-state index >= 15 is 0 Å². The van der Waals surface area contributed by atoms with E-state index in [9.17, 15) is 22.8 Å². The molecular formula is C21H16ClF3N4O3. The number of amidine groups is 1. The summed E-state index contributed by atoms with van der Waals surface area (Å²) < 4.78 is 45.2. The average molecular weight is 465 g/mol. The van der Waals surface area contributed by atoms with Crippen molar-refractivity contribution >= 4 is 35.2 Å². The number of alkyl halides is 3. The monoisotopic (exact) mass is 464 g/mol. The molecule has 0 atom stereocenters. The predicted molar refractivity (Wildman–Crippen MR) is 111 cm³/mol. The number of carbonyl (C=O) groups excluding carboxylic acids is 2. The maximum absolute atomic E-state index is 13.3. The Balaban J connectivity index is 1.45. The molecule has 11 heteroatoms. The van der Waals surface area contributed by atoms with Crippen LogP contribution < -0.4 is 5.32 Å². The molecule has 0 radical (unpaired) electrons. The molecule has 0 saturated carbocycles. The standard InChI is InChI=1S/C21H16ClF3N4O3/c22-14-5-3-6-15(10-14)26-18(30)17-12-29-9-8-28(19(31)27-20(29)32-17)11-13-4-1-2-7-16(13)21(23,24)25/h1-7,10,12H,8-9,11H2,(H,26,30). The zero-order valence-electron chi connectivity index (χ0n) is 16.4. The van der Waals surface area contributed by atoms with Crippen LogP contribution in [-0.4, -0.2) is 40.8 Å². The Morgan fingerprint density at radius 2 is 1.94 bits per heavy atom. The number of urea groups is 1. The molecule has 0 fully saturated rings. The van der Waals surface area contributed by atoms with E-state index in [1.165, 1.54) is 34.2 Å². The molecule has 7 nitrogen and oxygen atoms in total. The van der Waals surface area contributed by atoms with E-state index in [-0.39, 0.29) is 37.0 Å². The lowest BCUT2D eigenvalue weighted by atomic mass is 10.1. The van der Waals surface area contributed by atoms with E-state index in [0.29, 0.717) is 10.7 Å². The molecule has 0 aliphatic carbocycles. The SMILES string of the molecule is O=C(Nc1cccc(Cl)c1)C1=CN2CCN(Cc3ccccc3C(F)(F)F)C(=O)N=C2O1. The molecule has 2 aromatic carbocycles. The highest BCUT2D eigenvalue weighted by Crippen LogP contribution is 2.32. The molecule has 0 aromatic heterocycles. The number of nitrogens with one attached hydrogen (secondary N) is 1. The van der Waals surface area contributed by atoms with Crippen LogP contribution in [0.15, 0.2) is 65.5 Å². The molecule has 2 aliphatic rings. The number of carbonyl (C=O) groups is 2. The van der Waals surface area contributed by atoms with Gasteiger partial charge < -0.3 is 15.0 Å². The maximum Gasteiger partial charge on any atom is 0.416 e. The van der Waals surface area contributed by atoms with Crippen LogP contribution in [0.1, 0.15) is 11.1 Å². The van der Waals surface area contributed by atoms with Crippen molar-refractivity contribution in [3.8, 4) is 0 Å². The van der Waals surface area contributed by atoms with Crippen LogP contribution in [-0.2, 0) is 22.3 Å². The first-order chi connectivity index (χ1) is 15.2. The summed E-state index contributed by atoms with van der Waals surface area (Å²) in [5.74, 6) is -0.640. The highest BCUT2D eigenvalue weighted by atomic mass is 35.5. The minimum atomic E-state index is -4.53. The largest absolute Gasteiger partial charge is 0.418 e. The molecule has 0 saturated heterocycles. The molecule has 2 heterocycles. The Bertz CT molecular complexity index is 1130. The van der Waals surface area contributed by atoms with Crippen molar-refractivity contribution in [1.82, 2.24) is 9.80 Å². The number of halogens is 4. The first kappa shape index (κ1) is 21.7. The van der Waals surface area contributed by atoms with Crippen LogP contribution in [0.5, 0.6) is 0 Å². The van der Waals surface area contributed by atoms with Crippen molar-refractivity contribution in [1.29, 1.82) is 0 Å². The Hall–Kier alpha value is -3.53. The van der Waals surface area contributed by atoms with Crippen molar-refractivity contribution in [2.45, 2.75) is 12.7 Å². The van der Waals surface area contributed by atoms with E-state index < -0.39 is 23.7 Å². The molecule has 4 rings (SSSR count). The Labute approximate surface area is 185 Å². The smallest absolute Gasteiger partial charge is 0.416 e. The zero-order valence-corrected chi connectivity index (χ0v) is 17.2. The summed E-state index contributed by atoms with van der Waals surface area (Å²) in [6.45, 7) is 0.0126. The van der Waals surface area contributed by atoms with Gasteiger partial charge in [0.1, 0.15) is 0 Å². The summed E-state index contributed by atoms with van der Waals surface area (Å²) in [6.07, 6.45) is -3.15. The van der Waals surface area contributed by atoms with Gasteiger partial charge in [0, 0.05) is 30.3 Å². The number of amides is 3.